The molecule has 0 saturated carbocycles. The van der Waals surface area contributed by atoms with Crippen LogP contribution in [0.25, 0.3) is 11.8 Å². The van der Waals surface area contributed by atoms with Gasteiger partial charge < -0.3 is 0 Å². The van der Waals surface area contributed by atoms with Crippen LogP contribution in [0.5, 0.6) is 0 Å². The van der Waals surface area contributed by atoms with Crippen LogP contribution in [-0.2, 0) is 6.42 Å². The van der Waals surface area contributed by atoms with Crippen LogP contribution in [0.2, 0.25) is 5.02 Å². The van der Waals surface area contributed by atoms with Crippen LogP contribution < -0.4 is 14.9 Å². The molecule has 0 fully saturated rings. The van der Waals surface area contributed by atoms with E-state index in [1.54, 1.807) is 0 Å². The molecule has 0 amide bonds. The fraction of sp³-hybridized carbons (Fsp3) is 0.143. The van der Waals surface area contributed by atoms with Crippen molar-refractivity contribution >= 4 is 50.6 Å². The summed E-state index contributed by atoms with van der Waals surface area (Å²) in [6, 6.07) is 22.3. The largest absolute Gasteiger partial charge is 0.272 e. The summed E-state index contributed by atoms with van der Waals surface area (Å²) in [6.07, 6.45) is 3.78. The molecule has 3 nitrogen and oxygen atoms in total. The Balaban J connectivity index is 1.62. The van der Waals surface area contributed by atoms with Gasteiger partial charge in [-0.05, 0) is 71.9 Å². The molecule has 1 aromatic heterocycles. The summed E-state index contributed by atoms with van der Waals surface area (Å²) in [5, 5.41) is 0.685. The fourth-order valence-corrected chi connectivity index (χ4v) is 6.34. The quantitative estimate of drug-likeness (QED) is 0.301. The van der Waals surface area contributed by atoms with Crippen molar-refractivity contribution in [2.24, 2.45) is 4.99 Å². The van der Waals surface area contributed by atoms with E-state index in [4.69, 9.17) is 16.6 Å². The highest BCUT2D eigenvalue weighted by molar-refractivity contribution is 9.10. The number of halogens is 2. The molecule has 4 aromatic rings. The third kappa shape index (κ3) is 3.63. The van der Waals surface area contributed by atoms with E-state index in [0.29, 0.717) is 9.55 Å². The van der Waals surface area contributed by atoms with Gasteiger partial charge >= 0.3 is 0 Å². The van der Waals surface area contributed by atoms with Gasteiger partial charge in [0.2, 0.25) is 0 Å². The Morgan fingerprint density at radius 2 is 1.88 bits per heavy atom. The number of thiazole rings is 1. The maximum atomic E-state index is 13.8. The smallest absolute Gasteiger partial charge is 0.271 e. The molecular weight excluding hydrogens is 528 g/mol. The molecule has 6 rings (SSSR count). The zero-order valence-corrected chi connectivity index (χ0v) is 21.5. The molecule has 0 radical (unpaired) electrons. The molecule has 0 spiro atoms. The van der Waals surface area contributed by atoms with Crippen LogP contribution in [-0.4, -0.2) is 4.57 Å². The molecule has 0 N–H and O–H groups in total. The number of hydrogen-bond donors (Lipinski definition) is 0. The van der Waals surface area contributed by atoms with Gasteiger partial charge in [-0.1, -0.05) is 87.4 Å². The van der Waals surface area contributed by atoms with E-state index in [1.165, 1.54) is 28.0 Å². The highest BCUT2D eigenvalue weighted by Crippen LogP contribution is 2.41. The van der Waals surface area contributed by atoms with Crippen LogP contribution in [0, 0.1) is 6.92 Å². The van der Waals surface area contributed by atoms with Crippen molar-refractivity contribution in [3.63, 3.8) is 0 Å². The lowest BCUT2D eigenvalue weighted by atomic mass is 9.83. The van der Waals surface area contributed by atoms with Crippen molar-refractivity contribution in [2.45, 2.75) is 25.8 Å². The average Bonchev–Trinajstić information content (AvgIpc) is 3.15. The number of rotatable bonds is 2. The van der Waals surface area contributed by atoms with Crippen LogP contribution >= 0.6 is 38.9 Å². The summed E-state index contributed by atoms with van der Waals surface area (Å²) < 4.78 is 3.58. The second-order valence-corrected chi connectivity index (χ2v) is 11.0. The highest BCUT2D eigenvalue weighted by Gasteiger charge is 2.32. The molecule has 1 unspecified atom stereocenters. The van der Waals surface area contributed by atoms with Crippen LogP contribution in [0.1, 0.15) is 40.3 Å². The topological polar surface area (TPSA) is 34.4 Å². The van der Waals surface area contributed by atoms with E-state index in [-0.39, 0.29) is 11.6 Å². The number of fused-ring (bicyclic) bond motifs is 3. The predicted molar refractivity (Wildman–Crippen MR) is 143 cm³/mol. The lowest BCUT2D eigenvalue weighted by molar-refractivity contribution is 0.585. The van der Waals surface area contributed by atoms with E-state index in [0.717, 1.165) is 44.5 Å². The molecule has 6 heteroatoms. The van der Waals surface area contributed by atoms with E-state index in [2.05, 4.69) is 53.2 Å². The number of allylic oxidation sites excluding steroid dienone is 1. The Labute approximate surface area is 214 Å². The minimum atomic E-state index is -0.191. The summed E-state index contributed by atoms with van der Waals surface area (Å²) in [7, 11) is 0. The zero-order valence-electron chi connectivity index (χ0n) is 18.4. The van der Waals surface area contributed by atoms with Gasteiger partial charge in [-0.2, -0.15) is 0 Å². The highest BCUT2D eigenvalue weighted by atomic mass is 79.9. The summed E-state index contributed by atoms with van der Waals surface area (Å²) in [5.41, 5.74) is 7.87. The molecule has 168 valence electrons. The van der Waals surface area contributed by atoms with Crippen molar-refractivity contribution in [1.82, 2.24) is 4.57 Å². The van der Waals surface area contributed by atoms with Gasteiger partial charge in [0.1, 0.15) is 0 Å². The van der Waals surface area contributed by atoms with Gasteiger partial charge in [0.05, 0.1) is 16.3 Å². The third-order valence-corrected chi connectivity index (χ3v) is 8.64. The molecule has 1 aliphatic carbocycles. The first-order valence-electron chi connectivity index (χ1n) is 11.1. The number of aryl methyl sites for hydroxylation is 2. The molecule has 1 atom stereocenters. The minimum Gasteiger partial charge on any atom is -0.272 e. The Hall–Kier alpha value is -2.73. The molecule has 3 aromatic carbocycles. The third-order valence-electron chi connectivity index (χ3n) is 6.55. The van der Waals surface area contributed by atoms with Crippen molar-refractivity contribution in [3.8, 4) is 0 Å². The van der Waals surface area contributed by atoms with Crippen molar-refractivity contribution in [1.29, 1.82) is 0 Å². The zero-order chi connectivity index (χ0) is 23.4. The van der Waals surface area contributed by atoms with E-state index in [1.807, 2.05) is 47.0 Å². The summed E-state index contributed by atoms with van der Waals surface area (Å²) >= 11 is 11.3. The van der Waals surface area contributed by atoms with Crippen molar-refractivity contribution < 1.29 is 0 Å². The fourth-order valence-electron chi connectivity index (χ4n) is 4.82. The monoisotopic (exact) mass is 546 g/mol. The molecule has 2 heterocycles. The number of benzene rings is 3. The lowest BCUT2D eigenvalue weighted by Gasteiger charge is -2.30. The van der Waals surface area contributed by atoms with Gasteiger partial charge in [-0.15, -0.1) is 0 Å². The van der Waals surface area contributed by atoms with E-state index >= 15 is 0 Å². The Morgan fingerprint density at radius 1 is 1.09 bits per heavy atom. The standard InChI is InChI=1S/C28H20BrClN2OS/c1-16-6-7-17(14-23(16)29)15-24-27(33)32-26(19-8-11-20(30)12-9-19)22-13-10-18-4-2-3-5-21(18)25(22)31-28(32)34-24/h2-9,11-12,14-15,26H,10,13H2,1H3. The van der Waals surface area contributed by atoms with Gasteiger partial charge in [-0.25, -0.2) is 4.99 Å². The van der Waals surface area contributed by atoms with Gasteiger partial charge in [0.25, 0.3) is 5.56 Å². The van der Waals surface area contributed by atoms with Crippen molar-refractivity contribution in [2.75, 3.05) is 0 Å². The van der Waals surface area contributed by atoms with Crippen LogP contribution in [0.4, 0.5) is 0 Å². The van der Waals surface area contributed by atoms with Crippen molar-refractivity contribution in [3.05, 3.63) is 129 Å². The maximum absolute atomic E-state index is 13.8. The van der Waals surface area contributed by atoms with E-state index in [9.17, 15) is 4.79 Å². The summed E-state index contributed by atoms with van der Waals surface area (Å²) in [6.45, 7) is 2.05. The molecule has 34 heavy (non-hydrogen) atoms. The predicted octanol–water partition coefficient (Wildman–Crippen LogP) is 6.04. The number of hydrogen-bond acceptors (Lipinski definition) is 3. The van der Waals surface area contributed by atoms with Crippen LogP contribution in [0.3, 0.4) is 0 Å². The van der Waals surface area contributed by atoms with Gasteiger partial charge in [0, 0.05) is 15.1 Å². The molecule has 1 aliphatic heterocycles. The molecule has 0 bridgehead atoms. The normalized spacial score (nSPS) is 17.1. The minimum absolute atomic E-state index is 0.00851. The van der Waals surface area contributed by atoms with Gasteiger partial charge in [0.15, 0.2) is 4.80 Å². The summed E-state index contributed by atoms with van der Waals surface area (Å²) in [5.74, 6) is 0. The SMILES string of the molecule is Cc1ccc(C=c2sc3n(c2=O)C(c2ccc(Cl)cc2)C2=C(N=3)c3ccccc3CC2)cc1Br. The second-order valence-electron chi connectivity index (χ2n) is 8.67. The Morgan fingerprint density at radius 3 is 2.68 bits per heavy atom. The Kier molecular flexibility index (Phi) is 5.44. The number of aromatic nitrogens is 1. The maximum Gasteiger partial charge on any atom is 0.271 e. The van der Waals surface area contributed by atoms with E-state index < -0.39 is 0 Å². The van der Waals surface area contributed by atoms with Gasteiger partial charge in [-0.3, -0.25) is 9.36 Å². The number of nitrogens with zero attached hydrogens (tertiary/aromatic N) is 2. The first kappa shape index (κ1) is 21.8. The molecule has 2 aliphatic rings. The molecule has 0 saturated heterocycles. The Bertz CT molecular complexity index is 1660. The summed E-state index contributed by atoms with van der Waals surface area (Å²) in [4.78, 5) is 19.6. The first-order chi connectivity index (χ1) is 16.5. The molecular formula is C28H20BrClN2OS. The first-order valence-corrected chi connectivity index (χ1v) is 13.1. The lowest BCUT2D eigenvalue weighted by Crippen LogP contribution is -2.38. The second kappa shape index (κ2) is 8.49. The average molecular weight is 548 g/mol. The van der Waals surface area contributed by atoms with Crippen LogP contribution in [0.15, 0.2) is 86.6 Å².